The highest BCUT2D eigenvalue weighted by Gasteiger charge is 2.32. The molecule has 1 heterocycles. The summed E-state index contributed by atoms with van der Waals surface area (Å²) in [4.78, 5) is 28.6. The van der Waals surface area contributed by atoms with E-state index in [1.807, 2.05) is 6.92 Å². The van der Waals surface area contributed by atoms with Gasteiger partial charge in [0.15, 0.2) is 0 Å². The second-order valence-corrected chi connectivity index (χ2v) is 5.14. The molecule has 1 atom stereocenters. The van der Waals surface area contributed by atoms with Crippen molar-refractivity contribution in [2.45, 2.75) is 32.2 Å². The first-order valence-corrected chi connectivity index (χ1v) is 6.49. The third-order valence-electron chi connectivity index (χ3n) is 3.04. The number of amides is 1. The van der Waals surface area contributed by atoms with Crippen LogP contribution in [0.4, 0.5) is 5.82 Å². The molecule has 0 fully saturated rings. The molecule has 0 bridgehead atoms. The van der Waals surface area contributed by atoms with E-state index in [1.165, 1.54) is 11.1 Å². The number of nitrogens with zero attached hydrogens (tertiary/aromatic N) is 2. The molecule has 6 heteroatoms. The van der Waals surface area contributed by atoms with Crippen molar-refractivity contribution in [1.29, 1.82) is 0 Å². The van der Waals surface area contributed by atoms with Crippen LogP contribution in [0.1, 0.15) is 37.0 Å². The van der Waals surface area contributed by atoms with E-state index in [4.69, 9.17) is 0 Å². The lowest BCUT2D eigenvalue weighted by Crippen LogP contribution is -2.43. The number of pyridine rings is 1. The zero-order valence-electron chi connectivity index (χ0n) is 12.3. The van der Waals surface area contributed by atoms with Crippen molar-refractivity contribution < 1.29 is 14.7 Å². The molecule has 1 aromatic heterocycles. The molecule has 0 aliphatic carbocycles. The number of hydrogen-bond acceptors (Lipinski definition) is 4. The number of carbonyl (C=O) groups excluding carboxylic acids is 1. The van der Waals surface area contributed by atoms with E-state index in [2.05, 4.69) is 10.3 Å². The van der Waals surface area contributed by atoms with Crippen molar-refractivity contribution in [2.75, 3.05) is 19.4 Å². The zero-order chi connectivity index (χ0) is 15.3. The first kappa shape index (κ1) is 15.9. The normalized spacial score (nSPS) is 13.4. The summed E-state index contributed by atoms with van der Waals surface area (Å²) in [7, 11) is 3.33. The highest BCUT2D eigenvalue weighted by molar-refractivity contribution is 5.93. The second-order valence-electron chi connectivity index (χ2n) is 5.14. The zero-order valence-corrected chi connectivity index (χ0v) is 12.3. The molecular formula is C14H21N3O3. The van der Waals surface area contributed by atoms with Gasteiger partial charge in [0.05, 0.1) is 5.56 Å². The molecule has 1 rings (SSSR count). The van der Waals surface area contributed by atoms with Crippen LogP contribution in [-0.2, 0) is 4.79 Å². The Morgan fingerprint density at radius 1 is 1.40 bits per heavy atom. The number of carbonyl (C=O) groups is 2. The molecule has 0 aliphatic heterocycles. The Balaban J connectivity index is 2.89. The molecule has 2 N–H and O–H groups in total. The molecule has 0 saturated carbocycles. The van der Waals surface area contributed by atoms with E-state index >= 15 is 0 Å². The molecule has 1 aromatic rings. The Kier molecular flexibility index (Phi) is 5.07. The van der Waals surface area contributed by atoms with E-state index in [0.29, 0.717) is 17.8 Å². The summed E-state index contributed by atoms with van der Waals surface area (Å²) in [6, 6.07) is 3.25. The third-order valence-corrected chi connectivity index (χ3v) is 3.04. The fourth-order valence-corrected chi connectivity index (χ4v) is 1.86. The van der Waals surface area contributed by atoms with Gasteiger partial charge in [-0.05, 0) is 25.5 Å². The molecule has 0 saturated heterocycles. The van der Waals surface area contributed by atoms with Crippen LogP contribution in [0.5, 0.6) is 0 Å². The van der Waals surface area contributed by atoms with Crippen molar-refractivity contribution in [1.82, 2.24) is 9.88 Å². The number of aliphatic carboxylic acids is 1. The van der Waals surface area contributed by atoms with Crippen LogP contribution in [0.2, 0.25) is 0 Å². The molecule has 0 radical (unpaired) electrons. The van der Waals surface area contributed by atoms with E-state index in [-0.39, 0.29) is 5.91 Å². The quantitative estimate of drug-likeness (QED) is 0.830. The van der Waals surface area contributed by atoms with Gasteiger partial charge in [0.25, 0.3) is 5.91 Å². The SMILES string of the molecule is CCCC(C)(Nc1ccc(C(=O)N(C)C)cn1)C(=O)O. The van der Waals surface area contributed by atoms with E-state index < -0.39 is 11.5 Å². The number of nitrogens with one attached hydrogen (secondary N) is 1. The summed E-state index contributed by atoms with van der Waals surface area (Å²) in [5.41, 5.74) is -0.595. The van der Waals surface area contributed by atoms with Gasteiger partial charge in [0.1, 0.15) is 11.4 Å². The Morgan fingerprint density at radius 3 is 2.45 bits per heavy atom. The van der Waals surface area contributed by atoms with Crippen molar-refractivity contribution in [2.24, 2.45) is 0 Å². The minimum absolute atomic E-state index is 0.140. The topological polar surface area (TPSA) is 82.5 Å². The number of rotatable bonds is 6. The van der Waals surface area contributed by atoms with Crippen LogP contribution >= 0.6 is 0 Å². The summed E-state index contributed by atoms with van der Waals surface area (Å²) in [6.45, 7) is 3.55. The number of carboxylic acid groups (broad SMARTS) is 1. The Morgan fingerprint density at radius 2 is 2.05 bits per heavy atom. The van der Waals surface area contributed by atoms with Crippen LogP contribution in [0.15, 0.2) is 18.3 Å². The van der Waals surface area contributed by atoms with Crippen molar-refractivity contribution in [3.8, 4) is 0 Å². The van der Waals surface area contributed by atoms with Gasteiger partial charge in [-0.15, -0.1) is 0 Å². The largest absolute Gasteiger partial charge is 0.480 e. The Hall–Kier alpha value is -2.11. The van der Waals surface area contributed by atoms with Crippen LogP contribution in [0, 0.1) is 0 Å². The Labute approximate surface area is 118 Å². The van der Waals surface area contributed by atoms with Crippen LogP contribution in [-0.4, -0.2) is 46.5 Å². The van der Waals surface area contributed by atoms with Crippen molar-refractivity contribution >= 4 is 17.7 Å². The number of carboxylic acids is 1. The van der Waals surface area contributed by atoms with Gasteiger partial charge in [0.2, 0.25) is 0 Å². The monoisotopic (exact) mass is 279 g/mol. The fraction of sp³-hybridized carbons (Fsp3) is 0.500. The van der Waals surface area contributed by atoms with E-state index in [9.17, 15) is 14.7 Å². The smallest absolute Gasteiger partial charge is 0.329 e. The summed E-state index contributed by atoms with van der Waals surface area (Å²) < 4.78 is 0. The molecule has 6 nitrogen and oxygen atoms in total. The average Bonchev–Trinajstić information content (AvgIpc) is 2.38. The first-order valence-electron chi connectivity index (χ1n) is 6.49. The van der Waals surface area contributed by atoms with Gasteiger partial charge < -0.3 is 15.3 Å². The van der Waals surface area contributed by atoms with Crippen molar-refractivity contribution in [3.05, 3.63) is 23.9 Å². The summed E-state index contributed by atoms with van der Waals surface area (Å²) in [5, 5.41) is 12.2. The van der Waals surface area contributed by atoms with Gasteiger partial charge >= 0.3 is 5.97 Å². The van der Waals surface area contributed by atoms with E-state index in [0.717, 1.165) is 6.42 Å². The van der Waals surface area contributed by atoms with Gasteiger partial charge in [-0.25, -0.2) is 9.78 Å². The predicted octanol–water partition coefficient (Wildman–Crippen LogP) is 1.84. The van der Waals surface area contributed by atoms with Gasteiger partial charge in [0, 0.05) is 20.3 Å². The number of aromatic nitrogens is 1. The molecule has 20 heavy (non-hydrogen) atoms. The van der Waals surface area contributed by atoms with E-state index in [1.54, 1.807) is 33.2 Å². The van der Waals surface area contributed by atoms with Crippen molar-refractivity contribution in [3.63, 3.8) is 0 Å². The minimum atomic E-state index is -1.06. The molecule has 1 amide bonds. The van der Waals surface area contributed by atoms with Gasteiger partial charge in [-0.3, -0.25) is 4.79 Å². The highest BCUT2D eigenvalue weighted by atomic mass is 16.4. The maximum atomic E-state index is 11.7. The predicted molar refractivity (Wildman–Crippen MR) is 76.8 cm³/mol. The lowest BCUT2D eigenvalue weighted by molar-refractivity contribution is -0.142. The number of anilines is 1. The maximum Gasteiger partial charge on any atom is 0.329 e. The summed E-state index contributed by atoms with van der Waals surface area (Å²) in [6.07, 6.45) is 2.67. The maximum absolute atomic E-state index is 11.7. The summed E-state index contributed by atoms with van der Waals surface area (Å²) in [5.74, 6) is -0.619. The molecule has 110 valence electrons. The van der Waals surface area contributed by atoms with Crippen LogP contribution in [0.3, 0.4) is 0 Å². The Bertz CT molecular complexity index is 485. The summed E-state index contributed by atoms with van der Waals surface area (Å²) >= 11 is 0. The fourth-order valence-electron chi connectivity index (χ4n) is 1.86. The lowest BCUT2D eigenvalue weighted by Gasteiger charge is -2.26. The van der Waals surface area contributed by atoms with Gasteiger partial charge in [-0.2, -0.15) is 0 Å². The number of hydrogen-bond donors (Lipinski definition) is 2. The van der Waals surface area contributed by atoms with Gasteiger partial charge in [-0.1, -0.05) is 13.3 Å². The molecule has 0 aliphatic rings. The first-order chi connectivity index (χ1) is 9.30. The molecule has 0 aromatic carbocycles. The standard InChI is InChI=1S/C14H21N3O3/c1-5-8-14(2,13(19)20)16-11-7-6-10(9-15-11)12(18)17(3)4/h6-7,9H,5,8H2,1-4H3,(H,15,16)(H,19,20). The van der Waals surface area contributed by atoms with Crippen LogP contribution < -0.4 is 5.32 Å². The minimum Gasteiger partial charge on any atom is -0.480 e. The third kappa shape index (κ3) is 3.69. The average molecular weight is 279 g/mol. The highest BCUT2D eigenvalue weighted by Crippen LogP contribution is 2.19. The molecule has 0 spiro atoms. The lowest BCUT2D eigenvalue weighted by atomic mass is 9.96. The van der Waals surface area contributed by atoms with Crippen LogP contribution in [0.25, 0.3) is 0 Å². The second kappa shape index (κ2) is 6.36. The molecule has 1 unspecified atom stereocenters. The molecular weight excluding hydrogens is 258 g/mol.